The highest BCUT2D eigenvalue weighted by Crippen LogP contribution is 2.32. The van der Waals surface area contributed by atoms with Crippen LogP contribution in [0.2, 0.25) is 0 Å². The van der Waals surface area contributed by atoms with E-state index in [9.17, 15) is 9.90 Å². The second kappa shape index (κ2) is 4.81. The Morgan fingerprint density at radius 2 is 1.95 bits per heavy atom. The number of pyridine rings is 1. The van der Waals surface area contributed by atoms with Crippen molar-refractivity contribution in [2.75, 3.05) is 0 Å². The molecule has 1 atom stereocenters. The van der Waals surface area contributed by atoms with Crippen LogP contribution in [0.4, 0.5) is 0 Å². The second-order valence-corrected chi connectivity index (χ2v) is 4.74. The average molecular weight is 266 g/mol. The number of aliphatic carboxylic acids is 1. The summed E-state index contributed by atoms with van der Waals surface area (Å²) < 4.78 is 0. The van der Waals surface area contributed by atoms with Gasteiger partial charge in [0.2, 0.25) is 0 Å². The standard InChI is InChI=1S/C16H14N2O2/c1-10-14(11-6-2-3-7-12(11)18-10)15(16(19)20)13-8-4-5-9-17-13/h2-9,15,18H,1H3,(H,19,20). The van der Waals surface area contributed by atoms with E-state index in [-0.39, 0.29) is 0 Å². The van der Waals surface area contributed by atoms with Crippen molar-refractivity contribution >= 4 is 16.9 Å². The molecule has 20 heavy (non-hydrogen) atoms. The summed E-state index contributed by atoms with van der Waals surface area (Å²) in [5.41, 5.74) is 3.14. The van der Waals surface area contributed by atoms with Crippen LogP contribution in [0.1, 0.15) is 22.9 Å². The van der Waals surface area contributed by atoms with Crippen molar-refractivity contribution < 1.29 is 9.90 Å². The molecule has 0 saturated heterocycles. The van der Waals surface area contributed by atoms with Gasteiger partial charge in [-0.15, -0.1) is 0 Å². The van der Waals surface area contributed by atoms with E-state index in [1.807, 2.05) is 37.3 Å². The summed E-state index contributed by atoms with van der Waals surface area (Å²) in [5.74, 6) is -1.65. The molecule has 0 bridgehead atoms. The van der Waals surface area contributed by atoms with Gasteiger partial charge in [0, 0.05) is 28.4 Å². The Labute approximate surface area is 116 Å². The highest BCUT2D eigenvalue weighted by Gasteiger charge is 2.27. The molecule has 0 spiro atoms. The first-order valence-electron chi connectivity index (χ1n) is 6.39. The number of carbonyl (C=O) groups is 1. The molecule has 2 heterocycles. The predicted molar refractivity (Wildman–Crippen MR) is 76.8 cm³/mol. The second-order valence-electron chi connectivity index (χ2n) is 4.74. The van der Waals surface area contributed by atoms with E-state index in [0.717, 1.165) is 22.2 Å². The predicted octanol–water partition coefficient (Wildman–Crippen LogP) is 3.09. The maximum absolute atomic E-state index is 11.7. The molecule has 1 aromatic carbocycles. The van der Waals surface area contributed by atoms with Crippen molar-refractivity contribution in [3.05, 3.63) is 65.6 Å². The van der Waals surface area contributed by atoms with Gasteiger partial charge >= 0.3 is 5.97 Å². The Morgan fingerprint density at radius 1 is 1.20 bits per heavy atom. The maximum Gasteiger partial charge on any atom is 0.317 e. The fourth-order valence-corrected chi connectivity index (χ4v) is 2.61. The number of carboxylic acids is 1. The molecule has 0 radical (unpaired) electrons. The number of fused-ring (bicyclic) bond motifs is 1. The number of nitrogens with zero attached hydrogens (tertiary/aromatic N) is 1. The number of aromatic nitrogens is 2. The molecule has 2 aromatic heterocycles. The average Bonchev–Trinajstić information content (AvgIpc) is 2.77. The van der Waals surface area contributed by atoms with E-state index < -0.39 is 11.9 Å². The Kier molecular flexibility index (Phi) is 2.99. The number of H-pyrrole nitrogens is 1. The van der Waals surface area contributed by atoms with Crippen LogP contribution >= 0.6 is 0 Å². The number of carboxylic acid groups (broad SMARTS) is 1. The largest absolute Gasteiger partial charge is 0.480 e. The topological polar surface area (TPSA) is 66.0 Å². The Morgan fingerprint density at radius 3 is 2.65 bits per heavy atom. The summed E-state index contributed by atoms with van der Waals surface area (Å²) in [6.45, 7) is 1.90. The molecule has 2 N–H and O–H groups in total. The lowest BCUT2D eigenvalue weighted by molar-refractivity contribution is -0.137. The molecule has 4 nitrogen and oxygen atoms in total. The SMILES string of the molecule is Cc1[nH]c2ccccc2c1C(C(=O)O)c1ccccn1. The Bertz CT molecular complexity index is 763. The lowest BCUT2D eigenvalue weighted by Gasteiger charge is -2.12. The summed E-state index contributed by atoms with van der Waals surface area (Å²) >= 11 is 0. The minimum atomic E-state index is -0.892. The molecule has 100 valence electrons. The number of rotatable bonds is 3. The van der Waals surface area contributed by atoms with Gasteiger partial charge in [-0.1, -0.05) is 24.3 Å². The lowest BCUT2D eigenvalue weighted by Crippen LogP contribution is -2.15. The molecule has 0 fully saturated rings. The molecule has 0 aliphatic carbocycles. The zero-order chi connectivity index (χ0) is 14.1. The van der Waals surface area contributed by atoms with Gasteiger partial charge in [0.1, 0.15) is 5.92 Å². The van der Waals surface area contributed by atoms with Crippen LogP contribution in [0.3, 0.4) is 0 Å². The third kappa shape index (κ3) is 1.95. The molecule has 3 rings (SSSR count). The van der Waals surface area contributed by atoms with Gasteiger partial charge in [-0.25, -0.2) is 0 Å². The fraction of sp³-hybridized carbons (Fsp3) is 0.125. The molecule has 0 aliphatic rings. The van der Waals surface area contributed by atoms with Crippen molar-refractivity contribution in [3.8, 4) is 0 Å². The third-order valence-corrected chi connectivity index (χ3v) is 3.46. The van der Waals surface area contributed by atoms with E-state index in [1.165, 1.54) is 0 Å². The maximum atomic E-state index is 11.7. The van der Waals surface area contributed by atoms with E-state index in [2.05, 4.69) is 9.97 Å². The van der Waals surface area contributed by atoms with Gasteiger partial charge in [-0.2, -0.15) is 0 Å². The molecule has 4 heteroatoms. The van der Waals surface area contributed by atoms with Crippen LogP contribution in [0, 0.1) is 6.92 Å². The molecule has 1 unspecified atom stereocenters. The first-order chi connectivity index (χ1) is 9.68. The van der Waals surface area contributed by atoms with Gasteiger partial charge < -0.3 is 10.1 Å². The minimum absolute atomic E-state index is 0.549. The summed E-state index contributed by atoms with van der Waals surface area (Å²) in [5, 5.41) is 10.6. The van der Waals surface area contributed by atoms with Crippen molar-refractivity contribution in [2.45, 2.75) is 12.8 Å². The first kappa shape index (κ1) is 12.4. The van der Waals surface area contributed by atoms with Crippen LogP contribution in [0.15, 0.2) is 48.7 Å². The van der Waals surface area contributed by atoms with Crippen LogP contribution in [-0.4, -0.2) is 21.0 Å². The third-order valence-electron chi connectivity index (χ3n) is 3.46. The zero-order valence-corrected chi connectivity index (χ0v) is 11.0. The number of nitrogens with one attached hydrogen (secondary N) is 1. The van der Waals surface area contributed by atoms with E-state index >= 15 is 0 Å². The molecule has 3 aromatic rings. The molecule has 0 saturated carbocycles. The lowest BCUT2D eigenvalue weighted by atomic mass is 9.92. The quantitative estimate of drug-likeness (QED) is 0.765. The Balaban J connectivity index is 2.26. The van der Waals surface area contributed by atoms with Crippen LogP contribution in [0.5, 0.6) is 0 Å². The summed E-state index contributed by atoms with van der Waals surface area (Å²) in [6, 6.07) is 13.1. The molecular weight excluding hydrogens is 252 g/mol. The van der Waals surface area contributed by atoms with E-state index in [4.69, 9.17) is 0 Å². The number of hydrogen-bond donors (Lipinski definition) is 2. The van der Waals surface area contributed by atoms with Crippen molar-refractivity contribution in [3.63, 3.8) is 0 Å². The van der Waals surface area contributed by atoms with Gasteiger partial charge in [0.25, 0.3) is 0 Å². The van der Waals surface area contributed by atoms with E-state index in [0.29, 0.717) is 5.69 Å². The van der Waals surface area contributed by atoms with Gasteiger partial charge in [-0.05, 0) is 25.1 Å². The molecule has 0 amide bonds. The van der Waals surface area contributed by atoms with Crippen LogP contribution < -0.4 is 0 Å². The van der Waals surface area contributed by atoms with Gasteiger partial charge in [0.05, 0.1) is 5.69 Å². The fourth-order valence-electron chi connectivity index (χ4n) is 2.61. The minimum Gasteiger partial charge on any atom is -0.480 e. The van der Waals surface area contributed by atoms with Crippen molar-refractivity contribution in [1.29, 1.82) is 0 Å². The molecule has 0 aliphatic heterocycles. The smallest absolute Gasteiger partial charge is 0.317 e. The Hall–Kier alpha value is -2.62. The highest BCUT2D eigenvalue weighted by atomic mass is 16.4. The van der Waals surface area contributed by atoms with Gasteiger partial charge in [0.15, 0.2) is 0 Å². The number of benzene rings is 1. The van der Waals surface area contributed by atoms with Crippen LogP contribution in [-0.2, 0) is 4.79 Å². The van der Waals surface area contributed by atoms with Crippen LogP contribution in [0.25, 0.3) is 10.9 Å². The van der Waals surface area contributed by atoms with Gasteiger partial charge in [-0.3, -0.25) is 9.78 Å². The monoisotopic (exact) mass is 266 g/mol. The first-order valence-corrected chi connectivity index (χ1v) is 6.39. The summed E-state index contributed by atoms with van der Waals surface area (Å²) in [7, 11) is 0. The van der Waals surface area contributed by atoms with Crippen molar-refractivity contribution in [2.24, 2.45) is 0 Å². The summed E-state index contributed by atoms with van der Waals surface area (Å²) in [6.07, 6.45) is 1.62. The molecular formula is C16H14N2O2. The highest BCUT2D eigenvalue weighted by molar-refractivity contribution is 5.92. The zero-order valence-electron chi connectivity index (χ0n) is 11.0. The van der Waals surface area contributed by atoms with Crippen molar-refractivity contribution in [1.82, 2.24) is 9.97 Å². The number of hydrogen-bond acceptors (Lipinski definition) is 2. The number of aryl methyl sites for hydroxylation is 1. The number of para-hydroxylation sites is 1. The normalized spacial score (nSPS) is 12.4. The summed E-state index contributed by atoms with van der Waals surface area (Å²) in [4.78, 5) is 19.2. The van der Waals surface area contributed by atoms with E-state index in [1.54, 1.807) is 18.3 Å². The number of aromatic amines is 1.